The summed E-state index contributed by atoms with van der Waals surface area (Å²) in [5, 5.41) is 37.3. The molecule has 4 aliphatic heterocycles. The van der Waals surface area contributed by atoms with Gasteiger partial charge in [0.2, 0.25) is 48.1 Å². The number of likely N-dealkylation sites (tertiary alicyclic amines) is 1. The first-order valence-corrected chi connectivity index (χ1v) is 40.8. The second-order valence-corrected chi connectivity index (χ2v) is 32.3. The second-order valence-electron chi connectivity index (χ2n) is 28.0. The van der Waals surface area contributed by atoms with Crippen LogP contribution in [0.2, 0.25) is 0 Å². The molecule has 0 spiro atoms. The standard InChI is InChI=1S/C78H108IN9O25S/c1-7-10-21-77(79,8-2)114-64-43-67(91)87(74(64)98)23-19-65(89)80-22-25-103-27-29-105-31-33-107-35-37-109-39-38-108-36-34-106-32-30-104-28-26-102-24-20-66(90)84-58(16-11-49(4)5)71(95)82-50(6)70(94)86-59(17-18-68(92)93)72(96)83-52-14-12-51(13-15-52)46-111-76(100)81-44-54-53-40-62-63(113-48-112-62)42-60(53)85-69-55(54)45-88-61(69)41-57-56(73(88)97)47-110-75(99)78(57,101)9-3/h12-15,40-42,49-50,58-59,64,101H,7-11,16-39,43-48H2,1-6H3,(H,80,89)(H,81,100)(H,82,95)(H,83,96)(H,84,90)(H,86,94)(H,92,93)/t50-,58+,59-,64?,77?,78-/m0/s1. The third-order valence-electron chi connectivity index (χ3n) is 19.2. The second kappa shape index (κ2) is 46.5. The quantitative estimate of drug-likeness (QED) is 0.00775. The Bertz CT molecular complexity index is 4000. The molecular formula is C78H108IN9O25S. The molecule has 2 unspecified atom stereocenters. The summed E-state index contributed by atoms with van der Waals surface area (Å²) in [7, 11) is 0. The number of fused-ring (bicyclic) bond motifs is 6. The largest absolute Gasteiger partial charge is 0.481 e. The van der Waals surface area contributed by atoms with Crippen molar-refractivity contribution in [2.45, 2.75) is 177 Å². The van der Waals surface area contributed by atoms with Crippen molar-refractivity contribution in [2.75, 3.05) is 131 Å². The minimum Gasteiger partial charge on any atom is -0.481 e. The van der Waals surface area contributed by atoms with Crippen molar-refractivity contribution in [2.24, 2.45) is 5.92 Å². The monoisotopic (exact) mass is 1730 g/mol. The molecule has 6 atom stereocenters. The van der Waals surface area contributed by atoms with Gasteiger partial charge in [-0.15, -0.1) is 11.8 Å². The number of carboxylic acid groups (broad SMARTS) is 1. The number of alkyl carbamates (subject to hydrolysis) is 1. The molecule has 1 saturated heterocycles. The van der Waals surface area contributed by atoms with Gasteiger partial charge in [0.25, 0.3) is 5.56 Å². The Kier molecular flexibility index (Phi) is 37.3. The van der Waals surface area contributed by atoms with Crippen molar-refractivity contribution in [3.8, 4) is 22.9 Å². The molecule has 0 radical (unpaired) electrons. The number of aliphatic hydroxyl groups is 1. The van der Waals surface area contributed by atoms with Gasteiger partial charge in [0.15, 0.2) is 17.1 Å². The number of hydrogen-bond donors (Lipinski definition) is 8. The van der Waals surface area contributed by atoms with Gasteiger partial charge in [-0.2, -0.15) is 0 Å². The molecule has 2 aromatic heterocycles. The van der Waals surface area contributed by atoms with Gasteiger partial charge in [0, 0.05) is 73.6 Å². The number of thioether (sulfide) groups is 1. The number of unbranched alkanes of at least 4 members (excludes halogenated alkanes) is 1. The summed E-state index contributed by atoms with van der Waals surface area (Å²) in [6.07, 6.45) is 3.35. The number of alkyl halides is 1. The fourth-order valence-electron chi connectivity index (χ4n) is 12.6. The fraction of sp³-hybridized carbons (Fsp3) is 0.615. The number of ether oxygens (including phenoxy) is 12. The Labute approximate surface area is 679 Å². The number of nitrogens with zero attached hydrogens (tertiary/aromatic N) is 3. The van der Waals surface area contributed by atoms with Gasteiger partial charge in [-0.05, 0) is 86.8 Å². The number of hydrogen-bond acceptors (Lipinski definition) is 26. The van der Waals surface area contributed by atoms with Crippen molar-refractivity contribution in [1.82, 2.24) is 41.0 Å². The first-order chi connectivity index (χ1) is 54.8. The molecule has 34 nitrogen and oxygen atoms in total. The van der Waals surface area contributed by atoms with Crippen LogP contribution in [-0.2, 0) is 122 Å². The zero-order chi connectivity index (χ0) is 82.2. The average Bonchev–Trinajstić information content (AvgIpc) is 1.53. The van der Waals surface area contributed by atoms with E-state index in [4.69, 9.17) is 61.8 Å². The van der Waals surface area contributed by atoms with Gasteiger partial charge >= 0.3 is 18.0 Å². The van der Waals surface area contributed by atoms with Crippen LogP contribution in [0.15, 0.2) is 47.3 Å². The van der Waals surface area contributed by atoms with Crippen LogP contribution in [-0.4, -0.2) is 236 Å². The molecule has 0 aliphatic carbocycles. The Hall–Kier alpha value is -8.18. The zero-order valence-electron chi connectivity index (χ0n) is 65.6. The van der Waals surface area contributed by atoms with E-state index in [1.54, 1.807) is 49.0 Å². The van der Waals surface area contributed by atoms with Crippen LogP contribution in [0.25, 0.3) is 22.3 Å². The maximum atomic E-state index is 14.0. The van der Waals surface area contributed by atoms with Gasteiger partial charge in [-0.3, -0.25) is 48.1 Å². The van der Waals surface area contributed by atoms with Gasteiger partial charge < -0.3 is 104 Å². The number of aromatic nitrogens is 2. The smallest absolute Gasteiger partial charge is 0.407 e. The predicted molar refractivity (Wildman–Crippen MR) is 423 cm³/mol. The minimum atomic E-state index is -2.04. The topological polar surface area (TPSA) is 432 Å². The Morgan fingerprint density at radius 2 is 1.29 bits per heavy atom. The maximum Gasteiger partial charge on any atom is 0.407 e. The van der Waals surface area contributed by atoms with Gasteiger partial charge in [0.05, 0.1) is 143 Å². The molecule has 2 aromatic carbocycles. The molecule has 6 heterocycles. The molecule has 114 heavy (non-hydrogen) atoms. The average molecular weight is 1730 g/mol. The van der Waals surface area contributed by atoms with Crippen LogP contribution in [0.1, 0.15) is 146 Å². The van der Waals surface area contributed by atoms with E-state index in [0.717, 1.165) is 25.7 Å². The first-order valence-electron chi connectivity index (χ1n) is 38.8. The maximum absolute atomic E-state index is 14.0. The van der Waals surface area contributed by atoms with Crippen LogP contribution in [0.3, 0.4) is 0 Å². The normalized spacial score (nSPS) is 16.7. The number of esters is 1. The molecule has 8 N–H and O–H groups in total. The summed E-state index contributed by atoms with van der Waals surface area (Å²) in [5.74, 6) is -4.33. The lowest BCUT2D eigenvalue weighted by molar-refractivity contribution is -0.172. The number of anilines is 1. The van der Waals surface area contributed by atoms with E-state index in [0.29, 0.717) is 149 Å². The van der Waals surface area contributed by atoms with Crippen LogP contribution in [0, 0.1) is 5.92 Å². The van der Waals surface area contributed by atoms with Gasteiger partial charge in [0.1, 0.15) is 31.3 Å². The molecule has 4 aliphatic rings. The number of carboxylic acids is 1. The lowest BCUT2D eigenvalue weighted by atomic mass is 9.86. The minimum absolute atomic E-state index is 0.0120. The molecule has 628 valence electrons. The molecule has 0 saturated carbocycles. The molecule has 36 heteroatoms. The zero-order valence-corrected chi connectivity index (χ0v) is 68.6. The van der Waals surface area contributed by atoms with E-state index in [-0.39, 0.29) is 141 Å². The number of carbonyl (C=O) groups is 10. The number of nitrogens with one attached hydrogen (secondary N) is 6. The molecule has 0 bridgehead atoms. The van der Waals surface area contributed by atoms with Crippen molar-refractivity contribution in [1.29, 1.82) is 0 Å². The van der Waals surface area contributed by atoms with Crippen molar-refractivity contribution in [3.63, 3.8) is 0 Å². The van der Waals surface area contributed by atoms with Gasteiger partial charge in [-0.1, -0.05) is 82.2 Å². The van der Waals surface area contributed by atoms with E-state index in [2.05, 4.69) is 68.3 Å². The van der Waals surface area contributed by atoms with Crippen LogP contribution >= 0.6 is 34.4 Å². The molecule has 1 fully saturated rings. The highest BCUT2D eigenvalue weighted by molar-refractivity contribution is 14.1. The van der Waals surface area contributed by atoms with Crippen LogP contribution in [0.4, 0.5) is 10.5 Å². The summed E-state index contributed by atoms with van der Waals surface area (Å²) in [4.78, 5) is 150. The number of pyridine rings is 2. The predicted octanol–water partition coefficient (Wildman–Crippen LogP) is 5.57. The highest BCUT2D eigenvalue weighted by Crippen LogP contribution is 2.47. The SMILES string of the molecule is CCCCC(I)(CC)SC1CC(=O)N(CCC(=O)NCCOCCOCCOCCOCCOCCOCCOCCOCCC(=O)N[C@H](CCC(C)C)C(=O)N[C@@H](C)C(=O)N[C@@H](CCC(=O)O)C(=O)Nc2ccc(COC(=O)NCc3c4c(nc5cc6c(cc35)OCO6)-c3cc5c(c(=O)n3C4)COC(=O)[C@]5(O)CC)cc2)C1=O. The highest BCUT2D eigenvalue weighted by Gasteiger charge is 2.46. The fourth-order valence-corrected chi connectivity index (χ4v) is 15.3. The number of aliphatic carboxylic acids is 1. The lowest BCUT2D eigenvalue weighted by Gasteiger charge is -2.31. The van der Waals surface area contributed by atoms with Crippen molar-refractivity contribution < 1.29 is 115 Å². The third kappa shape index (κ3) is 27.5. The number of benzene rings is 2. The van der Waals surface area contributed by atoms with Crippen molar-refractivity contribution >= 4 is 110 Å². The summed E-state index contributed by atoms with van der Waals surface area (Å²) < 4.78 is 67.9. The van der Waals surface area contributed by atoms with E-state index >= 15 is 0 Å². The molecule has 8 amide bonds. The Morgan fingerprint density at radius 3 is 1.89 bits per heavy atom. The first kappa shape index (κ1) is 91.3. The molecular weight excluding hydrogens is 1620 g/mol. The van der Waals surface area contributed by atoms with Crippen molar-refractivity contribution in [3.05, 3.63) is 80.6 Å². The van der Waals surface area contributed by atoms with Crippen LogP contribution < -0.4 is 46.9 Å². The highest BCUT2D eigenvalue weighted by atomic mass is 127. The number of cyclic esters (lactones) is 1. The summed E-state index contributed by atoms with van der Waals surface area (Å²) in [6.45, 7) is 16.1. The summed E-state index contributed by atoms with van der Waals surface area (Å²) >= 11 is 4.00. The number of carbonyl (C=O) groups excluding carboxylic acids is 9. The molecule has 8 rings (SSSR count). The third-order valence-corrected chi connectivity index (χ3v) is 22.8. The van der Waals surface area contributed by atoms with E-state index in [1.807, 2.05) is 13.8 Å². The van der Waals surface area contributed by atoms with E-state index in [9.17, 15) is 63.0 Å². The van der Waals surface area contributed by atoms with Crippen LogP contribution in [0.5, 0.6) is 11.5 Å². The number of halogens is 1. The number of rotatable bonds is 54. The number of amides is 8. The van der Waals surface area contributed by atoms with E-state index < -0.39 is 82.6 Å². The Morgan fingerprint density at radius 1 is 0.684 bits per heavy atom. The summed E-state index contributed by atoms with van der Waals surface area (Å²) in [6, 6.07) is 7.64. The number of imide groups is 1. The van der Waals surface area contributed by atoms with Gasteiger partial charge in [-0.25, -0.2) is 14.6 Å². The van der Waals surface area contributed by atoms with E-state index in [1.165, 1.54) is 28.5 Å². The summed E-state index contributed by atoms with van der Waals surface area (Å²) in [5.41, 5.74) is 1.04. The Balaban J connectivity index is 0.632. The lowest BCUT2D eigenvalue weighted by Crippen LogP contribution is -2.55. The molecule has 4 aromatic rings.